The minimum absolute atomic E-state index is 0.0837. The molecule has 2 heteroatoms. The van der Waals surface area contributed by atoms with Crippen molar-refractivity contribution < 1.29 is 4.79 Å². The first-order chi connectivity index (χ1) is 9.83. The Labute approximate surface area is 117 Å². The number of benzene rings is 2. The first kappa shape index (κ1) is 12.3. The topological polar surface area (TPSA) is 30.0 Å². The number of pyridine rings is 1. The Hall–Kier alpha value is -2.74. The van der Waals surface area contributed by atoms with Crippen LogP contribution in [0.4, 0.5) is 0 Å². The van der Waals surface area contributed by atoms with E-state index in [-0.39, 0.29) is 5.78 Å². The van der Waals surface area contributed by atoms with E-state index in [1.165, 1.54) is 0 Å². The second kappa shape index (κ2) is 5.49. The van der Waals surface area contributed by atoms with E-state index >= 15 is 0 Å². The molecule has 3 aromatic rings. The summed E-state index contributed by atoms with van der Waals surface area (Å²) in [6.45, 7) is 0. The summed E-state index contributed by atoms with van der Waals surface area (Å²) in [4.78, 5) is 16.5. The number of allylic oxidation sites excluding steroid dienone is 1. The van der Waals surface area contributed by atoms with Crippen molar-refractivity contribution in [2.24, 2.45) is 0 Å². The molecule has 1 aromatic heterocycles. The van der Waals surface area contributed by atoms with E-state index in [9.17, 15) is 4.79 Å². The second-order valence-electron chi connectivity index (χ2n) is 4.50. The molecule has 0 radical (unpaired) electrons. The molecule has 96 valence electrons. The summed E-state index contributed by atoms with van der Waals surface area (Å²) in [6.07, 6.45) is 3.37. The zero-order chi connectivity index (χ0) is 13.8. The van der Waals surface area contributed by atoms with E-state index in [0.29, 0.717) is 5.69 Å². The highest BCUT2D eigenvalue weighted by Crippen LogP contribution is 2.12. The predicted molar refractivity (Wildman–Crippen MR) is 81.5 cm³/mol. The highest BCUT2D eigenvalue weighted by Gasteiger charge is 2.04. The number of ketones is 1. The molecule has 0 spiro atoms. The van der Waals surface area contributed by atoms with Crippen LogP contribution in [0.3, 0.4) is 0 Å². The number of rotatable bonds is 3. The molecule has 0 N–H and O–H groups in total. The van der Waals surface area contributed by atoms with Gasteiger partial charge in [0.05, 0.1) is 5.52 Å². The van der Waals surface area contributed by atoms with Gasteiger partial charge in [0.1, 0.15) is 5.69 Å². The Balaban J connectivity index is 1.87. The Morgan fingerprint density at radius 3 is 2.45 bits per heavy atom. The average molecular weight is 259 g/mol. The Morgan fingerprint density at radius 1 is 0.850 bits per heavy atom. The Kier molecular flexibility index (Phi) is 3.38. The SMILES string of the molecule is O=C(/C=C/c1ccccc1)c1ccc2ccccc2n1. The van der Waals surface area contributed by atoms with E-state index in [4.69, 9.17) is 0 Å². The van der Waals surface area contributed by atoms with Crippen molar-refractivity contribution in [3.8, 4) is 0 Å². The summed E-state index contributed by atoms with van der Waals surface area (Å²) >= 11 is 0. The largest absolute Gasteiger partial charge is 0.288 e. The van der Waals surface area contributed by atoms with E-state index in [0.717, 1.165) is 16.5 Å². The molecule has 20 heavy (non-hydrogen) atoms. The van der Waals surface area contributed by atoms with Gasteiger partial charge in [0.15, 0.2) is 0 Å². The molecule has 1 heterocycles. The summed E-state index contributed by atoms with van der Waals surface area (Å²) in [6, 6.07) is 21.2. The molecule has 0 aliphatic carbocycles. The molecule has 2 aromatic carbocycles. The van der Waals surface area contributed by atoms with Crippen LogP contribution in [0.2, 0.25) is 0 Å². The number of hydrogen-bond donors (Lipinski definition) is 0. The van der Waals surface area contributed by atoms with Crippen LogP contribution in [0.5, 0.6) is 0 Å². The number of nitrogens with zero attached hydrogens (tertiary/aromatic N) is 1. The Morgan fingerprint density at radius 2 is 1.60 bits per heavy atom. The highest BCUT2D eigenvalue weighted by molar-refractivity contribution is 6.06. The zero-order valence-electron chi connectivity index (χ0n) is 10.9. The summed E-state index contributed by atoms with van der Waals surface area (Å²) in [5, 5.41) is 1.04. The van der Waals surface area contributed by atoms with Crippen LogP contribution in [0.1, 0.15) is 16.1 Å². The van der Waals surface area contributed by atoms with Crippen molar-refractivity contribution in [3.63, 3.8) is 0 Å². The minimum Gasteiger partial charge on any atom is -0.288 e. The van der Waals surface area contributed by atoms with Crippen LogP contribution in [-0.2, 0) is 0 Å². The van der Waals surface area contributed by atoms with Crippen LogP contribution < -0.4 is 0 Å². The van der Waals surface area contributed by atoms with Crippen LogP contribution >= 0.6 is 0 Å². The van der Waals surface area contributed by atoms with Gasteiger partial charge in [-0.25, -0.2) is 4.98 Å². The van der Waals surface area contributed by atoms with Gasteiger partial charge in [-0.2, -0.15) is 0 Å². The van der Waals surface area contributed by atoms with E-state index < -0.39 is 0 Å². The van der Waals surface area contributed by atoms with Gasteiger partial charge in [0.25, 0.3) is 0 Å². The predicted octanol–water partition coefficient (Wildman–Crippen LogP) is 4.13. The van der Waals surface area contributed by atoms with Gasteiger partial charge in [-0.05, 0) is 23.8 Å². The smallest absolute Gasteiger partial charge is 0.204 e. The lowest BCUT2D eigenvalue weighted by molar-refractivity contribution is 0.104. The molecule has 0 fully saturated rings. The monoisotopic (exact) mass is 259 g/mol. The quantitative estimate of drug-likeness (QED) is 0.523. The normalized spacial score (nSPS) is 11.0. The highest BCUT2D eigenvalue weighted by atomic mass is 16.1. The first-order valence-corrected chi connectivity index (χ1v) is 6.46. The van der Waals surface area contributed by atoms with Gasteiger partial charge >= 0.3 is 0 Å². The minimum atomic E-state index is -0.0837. The number of carbonyl (C=O) groups excluding carboxylic acids is 1. The van der Waals surface area contributed by atoms with Gasteiger partial charge in [-0.15, -0.1) is 0 Å². The molecular formula is C18H13NO. The van der Waals surface area contributed by atoms with Crippen LogP contribution in [0, 0.1) is 0 Å². The van der Waals surface area contributed by atoms with Crippen LogP contribution in [-0.4, -0.2) is 10.8 Å². The average Bonchev–Trinajstić information content (AvgIpc) is 2.53. The van der Waals surface area contributed by atoms with Crippen molar-refractivity contribution in [1.82, 2.24) is 4.98 Å². The summed E-state index contributed by atoms with van der Waals surface area (Å²) in [7, 11) is 0. The van der Waals surface area contributed by atoms with Gasteiger partial charge in [-0.3, -0.25) is 4.79 Å². The van der Waals surface area contributed by atoms with Gasteiger partial charge < -0.3 is 0 Å². The molecule has 0 saturated heterocycles. The maximum absolute atomic E-state index is 12.1. The molecule has 0 amide bonds. The standard InChI is InChI=1S/C18H13NO/c20-18(13-10-14-6-2-1-3-7-14)17-12-11-15-8-4-5-9-16(15)19-17/h1-13H/b13-10+. The number of hydrogen-bond acceptors (Lipinski definition) is 2. The molecule has 0 bridgehead atoms. The van der Waals surface area contributed by atoms with Gasteiger partial charge in [-0.1, -0.05) is 60.7 Å². The number of para-hydroxylation sites is 1. The van der Waals surface area contributed by atoms with Crippen molar-refractivity contribution in [3.05, 3.63) is 84.1 Å². The summed E-state index contributed by atoms with van der Waals surface area (Å²) < 4.78 is 0. The second-order valence-corrected chi connectivity index (χ2v) is 4.50. The molecule has 0 atom stereocenters. The lowest BCUT2D eigenvalue weighted by Crippen LogP contribution is -1.98. The third-order valence-corrected chi connectivity index (χ3v) is 3.08. The molecule has 3 rings (SSSR count). The van der Waals surface area contributed by atoms with Gasteiger partial charge in [0.2, 0.25) is 5.78 Å². The molecule has 0 saturated carbocycles. The number of carbonyl (C=O) groups is 1. The molecule has 0 aliphatic heterocycles. The van der Waals surface area contributed by atoms with Crippen molar-refractivity contribution in [2.45, 2.75) is 0 Å². The summed E-state index contributed by atoms with van der Waals surface area (Å²) in [5.41, 5.74) is 2.31. The fraction of sp³-hybridized carbons (Fsp3) is 0. The molecule has 0 unspecified atom stereocenters. The lowest BCUT2D eigenvalue weighted by atomic mass is 10.1. The first-order valence-electron chi connectivity index (χ1n) is 6.46. The molecule has 0 aliphatic rings. The third-order valence-electron chi connectivity index (χ3n) is 3.08. The number of fused-ring (bicyclic) bond motifs is 1. The zero-order valence-corrected chi connectivity index (χ0v) is 10.9. The van der Waals surface area contributed by atoms with E-state index in [2.05, 4.69) is 4.98 Å². The lowest BCUT2D eigenvalue weighted by Gasteiger charge is -1.99. The maximum atomic E-state index is 12.1. The number of aromatic nitrogens is 1. The van der Waals surface area contributed by atoms with Crippen molar-refractivity contribution >= 4 is 22.8 Å². The Bertz CT molecular complexity index is 776. The third kappa shape index (κ3) is 2.64. The van der Waals surface area contributed by atoms with E-state index in [1.807, 2.05) is 60.7 Å². The maximum Gasteiger partial charge on any atom is 0.204 e. The fourth-order valence-corrected chi connectivity index (χ4v) is 2.02. The fourth-order valence-electron chi connectivity index (χ4n) is 2.02. The van der Waals surface area contributed by atoms with Crippen LogP contribution in [0.25, 0.3) is 17.0 Å². The van der Waals surface area contributed by atoms with Gasteiger partial charge in [0, 0.05) is 5.39 Å². The van der Waals surface area contributed by atoms with Crippen LogP contribution in [0.15, 0.2) is 72.8 Å². The van der Waals surface area contributed by atoms with Crippen molar-refractivity contribution in [1.29, 1.82) is 0 Å². The molecule has 2 nitrogen and oxygen atoms in total. The molecular weight excluding hydrogens is 246 g/mol. The summed E-state index contributed by atoms with van der Waals surface area (Å²) in [5.74, 6) is -0.0837. The van der Waals surface area contributed by atoms with Crippen molar-refractivity contribution in [2.75, 3.05) is 0 Å². The van der Waals surface area contributed by atoms with E-state index in [1.54, 1.807) is 18.2 Å².